The molecule has 1 aromatic carbocycles. The number of hydrogen-bond donors (Lipinski definition) is 0. The van der Waals surface area contributed by atoms with Gasteiger partial charge in [0.1, 0.15) is 0 Å². The molecule has 1 unspecified atom stereocenters. The van der Waals surface area contributed by atoms with Gasteiger partial charge in [0.05, 0.1) is 19.8 Å². The van der Waals surface area contributed by atoms with E-state index in [4.69, 9.17) is 14.2 Å². The smallest absolute Gasteiger partial charge is 0.253 e. The Kier molecular flexibility index (Phi) is 5.28. The molecule has 0 radical (unpaired) electrons. The molecule has 2 fully saturated rings. The van der Waals surface area contributed by atoms with Crippen molar-refractivity contribution in [2.24, 2.45) is 11.3 Å². The Morgan fingerprint density at radius 3 is 2.70 bits per heavy atom. The Morgan fingerprint density at radius 2 is 1.96 bits per heavy atom. The summed E-state index contributed by atoms with van der Waals surface area (Å²) in [6.07, 6.45) is 2.95. The van der Waals surface area contributed by atoms with Crippen LogP contribution >= 0.6 is 0 Å². The Balaban J connectivity index is 1.44. The number of hydrogen-bond acceptors (Lipinski definition) is 5. The quantitative estimate of drug-likeness (QED) is 0.812. The highest BCUT2D eigenvalue weighted by atomic mass is 16.5. The van der Waals surface area contributed by atoms with Crippen molar-refractivity contribution in [1.29, 1.82) is 0 Å². The molecule has 0 aliphatic carbocycles. The van der Waals surface area contributed by atoms with Gasteiger partial charge in [0.25, 0.3) is 5.91 Å². The molecule has 148 valence electrons. The van der Waals surface area contributed by atoms with E-state index in [1.165, 1.54) is 0 Å². The van der Waals surface area contributed by atoms with Crippen LogP contribution in [0.15, 0.2) is 18.2 Å². The molecule has 3 aliphatic heterocycles. The zero-order valence-corrected chi connectivity index (χ0v) is 16.4. The van der Waals surface area contributed by atoms with Crippen LogP contribution in [0.2, 0.25) is 0 Å². The van der Waals surface area contributed by atoms with Crippen LogP contribution in [0.5, 0.6) is 11.5 Å². The van der Waals surface area contributed by atoms with Gasteiger partial charge in [-0.2, -0.15) is 0 Å². The van der Waals surface area contributed by atoms with Crippen LogP contribution in [0.1, 0.15) is 29.6 Å². The fourth-order valence-electron chi connectivity index (χ4n) is 4.93. The van der Waals surface area contributed by atoms with Crippen LogP contribution in [0, 0.1) is 11.3 Å². The summed E-state index contributed by atoms with van der Waals surface area (Å²) in [6, 6.07) is 5.56. The third-order valence-electron chi connectivity index (χ3n) is 6.39. The molecule has 27 heavy (non-hydrogen) atoms. The van der Waals surface area contributed by atoms with Gasteiger partial charge in [-0.15, -0.1) is 0 Å². The molecule has 1 spiro atoms. The molecule has 1 atom stereocenters. The van der Waals surface area contributed by atoms with E-state index in [2.05, 4.69) is 11.9 Å². The van der Waals surface area contributed by atoms with Crippen molar-refractivity contribution < 1.29 is 19.0 Å². The van der Waals surface area contributed by atoms with E-state index in [9.17, 15) is 4.79 Å². The fourth-order valence-corrected chi connectivity index (χ4v) is 4.93. The first-order valence-electron chi connectivity index (χ1n) is 9.98. The summed E-state index contributed by atoms with van der Waals surface area (Å²) in [7, 11) is 3.97. The molecule has 0 saturated carbocycles. The number of piperidine rings is 1. The van der Waals surface area contributed by atoms with Crippen LogP contribution in [-0.2, 0) is 4.74 Å². The minimum absolute atomic E-state index is 0.0927. The number of ether oxygens (including phenoxy) is 3. The lowest BCUT2D eigenvalue weighted by Crippen LogP contribution is -2.47. The number of likely N-dealkylation sites (tertiary alicyclic amines) is 2. The van der Waals surface area contributed by atoms with E-state index < -0.39 is 0 Å². The molecule has 1 aromatic rings. The van der Waals surface area contributed by atoms with Gasteiger partial charge in [-0.3, -0.25) is 4.79 Å². The molecule has 1 amide bonds. The number of benzene rings is 1. The van der Waals surface area contributed by atoms with Crippen molar-refractivity contribution in [3.05, 3.63) is 23.8 Å². The Bertz CT molecular complexity index is 685. The number of carbonyl (C=O) groups excluding carboxylic acids is 1. The van der Waals surface area contributed by atoms with E-state index >= 15 is 0 Å². The molecule has 6 nitrogen and oxygen atoms in total. The first-order chi connectivity index (χ1) is 13.1. The number of amides is 1. The number of methoxy groups -OCH3 is 1. The van der Waals surface area contributed by atoms with Gasteiger partial charge in [0.15, 0.2) is 11.5 Å². The SMILES string of the molecule is COCC1CN(C)CC12CCN(C(=O)c1ccc3c(c1)OCCCO3)CC2. The summed E-state index contributed by atoms with van der Waals surface area (Å²) in [4.78, 5) is 17.4. The minimum atomic E-state index is 0.0927. The van der Waals surface area contributed by atoms with Gasteiger partial charge in [0, 0.05) is 51.2 Å². The second kappa shape index (κ2) is 7.68. The van der Waals surface area contributed by atoms with Crippen LogP contribution in [0.25, 0.3) is 0 Å². The van der Waals surface area contributed by atoms with Gasteiger partial charge in [-0.1, -0.05) is 0 Å². The summed E-state index contributed by atoms with van der Waals surface area (Å²) in [5.74, 6) is 2.07. The topological polar surface area (TPSA) is 51.2 Å². The van der Waals surface area contributed by atoms with Crippen molar-refractivity contribution >= 4 is 5.91 Å². The molecule has 3 aliphatic rings. The largest absolute Gasteiger partial charge is 0.490 e. The standard InChI is InChI=1S/C21H30N2O4/c1-22-13-17(14-25-2)21(15-22)6-8-23(9-7-21)20(24)16-4-5-18-19(12-16)27-11-3-10-26-18/h4-5,12,17H,3,6-11,13-15H2,1-2H3. The number of nitrogens with zero attached hydrogens (tertiary/aromatic N) is 2. The van der Waals surface area contributed by atoms with Crippen LogP contribution < -0.4 is 9.47 Å². The first kappa shape index (κ1) is 18.6. The van der Waals surface area contributed by atoms with Crippen molar-refractivity contribution in [2.75, 3.05) is 60.2 Å². The van der Waals surface area contributed by atoms with Gasteiger partial charge in [-0.05, 0) is 43.5 Å². The first-order valence-corrected chi connectivity index (χ1v) is 9.98. The average Bonchev–Trinajstić information content (AvgIpc) is 2.85. The highest BCUT2D eigenvalue weighted by Crippen LogP contribution is 2.44. The van der Waals surface area contributed by atoms with E-state index in [1.54, 1.807) is 7.11 Å². The molecular weight excluding hydrogens is 344 g/mol. The predicted molar refractivity (Wildman–Crippen MR) is 102 cm³/mol. The maximum absolute atomic E-state index is 13.0. The second-order valence-corrected chi connectivity index (χ2v) is 8.22. The Labute approximate surface area is 161 Å². The molecule has 0 aromatic heterocycles. The summed E-state index contributed by atoms with van der Waals surface area (Å²) < 4.78 is 16.9. The van der Waals surface area contributed by atoms with E-state index in [-0.39, 0.29) is 11.3 Å². The van der Waals surface area contributed by atoms with Gasteiger partial charge < -0.3 is 24.0 Å². The normalized spacial score (nSPS) is 24.8. The molecular formula is C21H30N2O4. The van der Waals surface area contributed by atoms with Crippen LogP contribution in [0.4, 0.5) is 0 Å². The van der Waals surface area contributed by atoms with Crippen LogP contribution in [-0.4, -0.2) is 75.9 Å². The fraction of sp³-hybridized carbons (Fsp3) is 0.667. The summed E-state index contributed by atoms with van der Waals surface area (Å²) >= 11 is 0. The third-order valence-corrected chi connectivity index (χ3v) is 6.39. The molecule has 3 heterocycles. The zero-order chi connectivity index (χ0) is 18.9. The number of rotatable bonds is 3. The summed E-state index contributed by atoms with van der Waals surface area (Å²) in [6.45, 7) is 5.90. The minimum Gasteiger partial charge on any atom is -0.490 e. The summed E-state index contributed by atoms with van der Waals surface area (Å²) in [5, 5.41) is 0. The number of carbonyl (C=O) groups is 1. The lowest BCUT2D eigenvalue weighted by atomic mass is 9.71. The maximum Gasteiger partial charge on any atom is 0.253 e. The number of fused-ring (bicyclic) bond motifs is 1. The second-order valence-electron chi connectivity index (χ2n) is 8.22. The molecule has 2 saturated heterocycles. The maximum atomic E-state index is 13.0. The Hall–Kier alpha value is -1.79. The lowest BCUT2D eigenvalue weighted by Gasteiger charge is -2.42. The molecule has 4 rings (SSSR count). The predicted octanol–water partition coefficient (Wildman–Crippen LogP) is 2.28. The van der Waals surface area contributed by atoms with Crippen molar-refractivity contribution in [3.8, 4) is 11.5 Å². The molecule has 0 bridgehead atoms. The van der Waals surface area contributed by atoms with Gasteiger partial charge >= 0.3 is 0 Å². The summed E-state index contributed by atoms with van der Waals surface area (Å²) in [5.41, 5.74) is 0.971. The van der Waals surface area contributed by atoms with E-state index in [0.29, 0.717) is 30.4 Å². The molecule has 0 N–H and O–H groups in total. The van der Waals surface area contributed by atoms with E-state index in [0.717, 1.165) is 57.8 Å². The zero-order valence-electron chi connectivity index (χ0n) is 16.4. The highest BCUT2D eigenvalue weighted by molar-refractivity contribution is 5.95. The third kappa shape index (κ3) is 3.65. The van der Waals surface area contributed by atoms with Gasteiger partial charge in [-0.25, -0.2) is 0 Å². The van der Waals surface area contributed by atoms with Crippen molar-refractivity contribution in [3.63, 3.8) is 0 Å². The lowest BCUT2D eigenvalue weighted by molar-refractivity contribution is 0.0325. The Morgan fingerprint density at radius 1 is 1.22 bits per heavy atom. The van der Waals surface area contributed by atoms with Crippen molar-refractivity contribution in [2.45, 2.75) is 19.3 Å². The van der Waals surface area contributed by atoms with Crippen LogP contribution in [0.3, 0.4) is 0 Å². The molecule has 6 heteroatoms. The van der Waals surface area contributed by atoms with E-state index in [1.807, 2.05) is 23.1 Å². The highest BCUT2D eigenvalue weighted by Gasteiger charge is 2.47. The van der Waals surface area contributed by atoms with Gasteiger partial charge in [0.2, 0.25) is 0 Å². The average molecular weight is 374 g/mol. The van der Waals surface area contributed by atoms with Crippen molar-refractivity contribution in [1.82, 2.24) is 9.80 Å². The monoisotopic (exact) mass is 374 g/mol.